The monoisotopic (exact) mass is 475 g/mol. The van der Waals surface area contributed by atoms with Gasteiger partial charge >= 0.3 is 5.97 Å². The highest BCUT2D eigenvalue weighted by molar-refractivity contribution is 8.01. The van der Waals surface area contributed by atoms with Gasteiger partial charge in [-0.3, -0.25) is 19.2 Å². The zero-order chi connectivity index (χ0) is 23.9. The van der Waals surface area contributed by atoms with E-state index in [2.05, 4.69) is 16.0 Å². The molecule has 1 atom stereocenters. The van der Waals surface area contributed by atoms with Gasteiger partial charge in [0.1, 0.15) is 0 Å². The Morgan fingerprint density at radius 2 is 1.59 bits per heavy atom. The number of thioether (sulfide) groups is 1. The van der Waals surface area contributed by atoms with Crippen LogP contribution in [0.3, 0.4) is 0 Å². The molecule has 8 nitrogen and oxygen atoms in total. The second kappa shape index (κ2) is 10.7. The number of fused-ring (bicyclic) bond motifs is 1. The van der Waals surface area contributed by atoms with E-state index < -0.39 is 23.7 Å². The molecule has 3 N–H and O–H groups in total. The van der Waals surface area contributed by atoms with Crippen LogP contribution >= 0.6 is 11.8 Å². The van der Waals surface area contributed by atoms with Gasteiger partial charge in [-0.15, -0.1) is 11.8 Å². The minimum atomic E-state index is -0.669. The van der Waals surface area contributed by atoms with Crippen LogP contribution in [0.5, 0.6) is 0 Å². The first-order valence-corrected chi connectivity index (χ1v) is 11.3. The fourth-order valence-electron chi connectivity index (χ4n) is 3.28. The quantitative estimate of drug-likeness (QED) is 0.447. The van der Waals surface area contributed by atoms with Gasteiger partial charge in [0.25, 0.3) is 11.8 Å². The number of carbonyl (C=O) groups excluding carboxylic acids is 4. The van der Waals surface area contributed by atoms with E-state index in [9.17, 15) is 19.2 Å². The van der Waals surface area contributed by atoms with Crippen LogP contribution in [-0.4, -0.2) is 35.5 Å². The zero-order valence-electron chi connectivity index (χ0n) is 17.9. The molecule has 0 bridgehead atoms. The summed E-state index contributed by atoms with van der Waals surface area (Å²) in [6.07, 6.45) is -0.172. The number of amides is 3. The third kappa shape index (κ3) is 5.81. The summed E-state index contributed by atoms with van der Waals surface area (Å²) >= 11 is 1.28. The van der Waals surface area contributed by atoms with Gasteiger partial charge in [-0.05, 0) is 36.4 Å². The Bertz CT molecular complexity index is 1230. The van der Waals surface area contributed by atoms with Crippen molar-refractivity contribution < 1.29 is 23.9 Å². The van der Waals surface area contributed by atoms with Crippen molar-refractivity contribution in [2.45, 2.75) is 16.6 Å². The van der Waals surface area contributed by atoms with Gasteiger partial charge in [0.05, 0.1) is 28.6 Å². The van der Waals surface area contributed by atoms with Gasteiger partial charge in [-0.2, -0.15) is 0 Å². The van der Waals surface area contributed by atoms with E-state index in [1.165, 1.54) is 11.8 Å². The van der Waals surface area contributed by atoms with Crippen molar-refractivity contribution in [2.75, 3.05) is 22.6 Å². The highest BCUT2D eigenvalue weighted by Crippen LogP contribution is 2.36. The zero-order valence-corrected chi connectivity index (χ0v) is 18.8. The Labute approximate surface area is 200 Å². The number of ether oxygens (including phenoxy) is 1. The molecule has 3 aromatic carbocycles. The van der Waals surface area contributed by atoms with E-state index in [4.69, 9.17) is 4.74 Å². The molecule has 3 aromatic rings. The molecule has 1 heterocycles. The van der Waals surface area contributed by atoms with Crippen molar-refractivity contribution in [2.24, 2.45) is 0 Å². The van der Waals surface area contributed by atoms with E-state index in [1.807, 2.05) is 24.3 Å². The number of rotatable bonds is 7. The van der Waals surface area contributed by atoms with Crippen LogP contribution in [0.4, 0.5) is 17.1 Å². The first-order valence-electron chi connectivity index (χ1n) is 10.5. The fourth-order valence-corrected chi connectivity index (χ4v) is 4.37. The van der Waals surface area contributed by atoms with Gasteiger partial charge in [-0.1, -0.05) is 42.5 Å². The summed E-state index contributed by atoms with van der Waals surface area (Å²) < 4.78 is 5.07. The highest BCUT2D eigenvalue weighted by Gasteiger charge is 2.29. The van der Waals surface area contributed by atoms with Gasteiger partial charge in [0.2, 0.25) is 5.91 Å². The molecule has 3 amide bonds. The van der Waals surface area contributed by atoms with Gasteiger partial charge in [0, 0.05) is 10.6 Å². The third-order valence-corrected chi connectivity index (χ3v) is 6.18. The molecule has 0 fully saturated rings. The SMILES string of the molecule is O=C(COC(=O)CC1Sc2ccccc2NC1=O)Nc1ccccc1C(=O)Nc1ccccc1. The predicted octanol–water partition coefficient (Wildman–Crippen LogP) is 3.92. The average molecular weight is 476 g/mol. The van der Waals surface area contributed by atoms with Crippen molar-refractivity contribution in [1.82, 2.24) is 0 Å². The van der Waals surface area contributed by atoms with Gasteiger partial charge in [0.15, 0.2) is 6.61 Å². The van der Waals surface area contributed by atoms with Crippen molar-refractivity contribution in [1.29, 1.82) is 0 Å². The number of hydrogen-bond donors (Lipinski definition) is 3. The number of hydrogen-bond acceptors (Lipinski definition) is 6. The number of carbonyl (C=O) groups is 4. The molecule has 1 aliphatic heterocycles. The second-order valence-electron chi connectivity index (χ2n) is 7.37. The number of esters is 1. The molecule has 0 saturated carbocycles. The fraction of sp³-hybridized carbons (Fsp3) is 0.120. The van der Waals surface area contributed by atoms with E-state index in [-0.39, 0.29) is 29.5 Å². The van der Waals surface area contributed by atoms with Crippen molar-refractivity contribution >= 4 is 52.5 Å². The molecule has 0 spiro atoms. The first kappa shape index (κ1) is 23.1. The Morgan fingerprint density at radius 1 is 0.882 bits per heavy atom. The van der Waals surface area contributed by atoms with Crippen LogP contribution in [0.25, 0.3) is 0 Å². The predicted molar refractivity (Wildman–Crippen MR) is 130 cm³/mol. The Balaban J connectivity index is 1.30. The lowest BCUT2D eigenvalue weighted by Crippen LogP contribution is -2.32. The molecule has 34 heavy (non-hydrogen) atoms. The summed E-state index contributed by atoms with van der Waals surface area (Å²) in [6.45, 7) is -0.539. The molecule has 0 saturated heterocycles. The molecule has 0 radical (unpaired) electrons. The molecular formula is C25H21N3O5S. The molecule has 0 aliphatic carbocycles. The largest absolute Gasteiger partial charge is 0.456 e. The van der Waals surface area contributed by atoms with Crippen LogP contribution in [0, 0.1) is 0 Å². The summed E-state index contributed by atoms with van der Waals surface area (Å²) in [4.78, 5) is 50.4. The third-order valence-electron chi connectivity index (χ3n) is 4.90. The topological polar surface area (TPSA) is 114 Å². The van der Waals surface area contributed by atoms with Crippen LogP contribution in [-0.2, 0) is 19.1 Å². The van der Waals surface area contributed by atoms with E-state index in [1.54, 1.807) is 54.6 Å². The van der Waals surface area contributed by atoms with Gasteiger partial charge < -0.3 is 20.7 Å². The molecule has 9 heteroatoms. The Kier molecular flexibility index (Phi) is 7.24. The Morgan fingerprint density at radius 3 is 2.41 bits per heavy atom. The Hall–Kier alpha value is -4.11. The smallest absolute Gasteiger partial charge is 0.307 e. The number of benzene rings is 3. The van der Waals surface area contributed by atoms with E-state index in [0.29, 0.717) is 11.4 Å². The maximum Gasteiger partial charge on any atom is 0.307 e. The lowest BCUT2D eigenvalue weighted by molar-refractivity contribution is -0.147. The molecular weight excluding hydrogens is 454 g/mol. The lowest BCUT2D eigenvalue weighted by atomic mass is 10.1. The average Bonchev–Trinajstić information content (AvgIpc) is 2.84. The molecule has 1 aliphatic rings. The van der Waals surface area contributed by atoms with E-state index in [0.717, 1.165) is 4.90 Å². The summed E-state index contributed by atoms with van der Waals surface area (Å²) in [5, 5.41) is 7.48. The maximum atomic E-state index is 12.6. The number of anilines is 3. The highest BCUT2D eigenvalue weighted by atomic mass is 32.2. The summed E-state index contributed by atoms with van der Waals surface area (Å²) in [7, 11) is 0. The van der Waals surface area contributed by atoms with Crippen LogP contribution in [0.2, 0.25) is 0 Å². The van der Waals surface area contributed by atoms with E-state index >= 15 is 0 Å². The molecule has 172 valence electrons. The maximum absolute atomic E-state index is 12.6. The van der Waals surface area contributed by atoms with Crippen LogP contribution in [0.15, 0.2) is 83.8 Å². The number of para-hydroxylation sites is 3. The summed E-state index contributed by atoms with van der Waals surface area (Å²) in [6, 6.07) is 22.8. The summed E-state index contributed by atoms with van der Waals surface area (Å²) in [5.74, 6) is -1.94. The normalized spacial score (nSPS) is 14.4. The van der Waals surface area contributed by atoms with Crippen LogP contribution in [0.1, 0.15) is 16.8 Å². The standard InChI is InChI=1S/C25H21N3O5S/c29-22(15-33-23(30)14-21-25(32)28-19-12-6-7-13-20(19)34-21)27-18-11-5-4-10-17(18)24(31)26-16-8-2-1-3-9-16/h1-13,21H,14-15H2,(H,26,31)(H,27,29)(H,28,32). The minimum absolute atomic E-state index is 0.172. The number of nitrogens with one attached hydrogen (secondary N) is 3. The molecule has 4 rings (SSSR count). The van der Waals surface area contributed by atoms with Crippen molar-refractivity contribution in [3.05, 3.63) is 84.4 Å². The van der Waals surface area contributed by atoms with Crippen molar-refractivity contribution in [3.63, 3.8) is 0 Å². The first-order chi connectivity index (χ1) is 16.5. The molecule has 1 unspecified atom stereocenters. The van der Waals surface area contributed by atoms with Gasteiger partial charge in [-0.25, -0.2) is 0 Å². The summed E-state index contributed by atoms with van der Waals surface area (Å²) in [5.41, 5.74) is 1.88. The van der Waals surface area contributed by atoms with Crippen LogP contribution < -0.4 is 16.0 Å². The minimum Gasteiger partial charge on any atom is -0.456 e. The van der Waals surface area contributed by atoms with Crippen molar-refractivity contribution in [3.8, 4) is 0 Å². The molecule has 0 aromatic heterocycles. The second-order valence-corrected chi connectivity index (χ2v) is 8.62. The lowest BCUT2D eigenvalue weighted by Gasteiger charge is -2.23.